The maximum Gasteiger partial charge on any atom is 0.311 e. The summed E-state index contributed by atoms with van der Waals surface area (Å²) in [5.74, 6) is 0.650. The third-order valence-corrected chi connectivity index (χ3v) is 2.96. The van der Waals surface area contributed by atoms with Gasteiger partial charge in [0.2, 0.25) is 5.75 Å². The van der Waals surface area contributed by atoms with Gasteiger partial charge in [-0.15, -0.1) is 0 Å². The predicted octanol–water partition coefficient (Wildman–Crippen LogP) is 2.67. The first-order valence-electron chi connectivity index (χ1n) is 6.28. The van der Waals surface area contributed by atoms with E-state index in [0.717, 1.165) is 11.1 Å². The number of benzene rings is 2. The van der Waals surface area contributed by atoms with Crippen molar-refractivity contribution in [2.24, 2.45) is 0 Å². The van der Waals surface area contributed by atoms with E-state index in [4.69, 9.17) is 14.6 Å². The van der Waals surface area contributed by atoms with Crippen LogP contribution in [0.4, 0.5) is 5.69 Å². The quantitative estimate of drug-likeness (QED) is 0.653. The monoisotopic (exact) mass is 289 g/mol. The summed E-state index contributed by atoms with van der Waals surface area (Å²) in [6.45, 7) is 0.169. The van der Waals surface area contributed by atoms with Crippen molar-refractivity contribution in [1.29, 1.82) is 0 Å². The molecule has 0 amide bonds. The van der Waals surface area contributed by atoms with Gasteiger partial charge >= 0.3 is 5.69 Å². The van der Waals surface area contributed by atoms with E-state index in [1.807, 2.05) is 0 Å². The highest BCUT2D eigenvalue weighted by Crippen LogP contribution is 2.31. The van der Waals surface area contributed by atoms with Gasteiger partial charge in [-0.3, -0.25) is 10.1 Å². The van der Waals surface area contributed by atoms with Gasteiger partial charge in [-0.25, -0.2) is 0 Å². The Bertz CT molecular complexity index is 624. The number of nitrogens with zero attached hydrogens (tertiary/aromatic N) is 1. The van der Waals surface area contributed by atoms with E-state index in [9.17, 15) is 10.1 Å². The first kappa shape index (κ1) is 14.8. The van der Waals surface area contributed by atoms with E-state index in [2.05, 4.69) is 0 Å². The van der Waals surface area contributed by atoms with E-state index >= 15 is 0 Å². The van der Waals surface area contributed by atoms with Gasteiger partial charge in [-0.2, -0.15) is 0 Å². The molecule has 0 saturated heterocycles. The third kappa shape index (κ3) is 3.70. The van der Waals surface area contributed by atoms with E-state index in [-0.39, 0.29) is 24.7 Å². The molecular formula is C15H15NO5. The molecular weight excluding hydrogens is 274 g/mol. The van der Waals surface area contributed by atoms with Gasteiger partial charge in [0.1, 0.15) is 12.4 Å². The molecule has 0 radical (unpaired) electrons. The zero-order valence-corrected chi connectivity index (χ0v) is 11.5. The number of methoxy groups -OCH3 is 1. The Kier molecular flexibility index (Phi) is 4.73. The molecule has 2 aromatic carbocycles. The molecule has 6 heteroatoms. The number of nitro groups is 1. The van der Waals surface area contributed by atoms with Crippen LogP contribution in [0.2, 0.25) is 0 Å². The second-order valence-electron chi connectivity index (χ2n) is 4.35. The van der Waals surface area contributed by atoms with Gasteiger partial charge in [0.15, 0.2) is 0 Å². The van der Waals surface area contributed by atoms with Crippen LogP contribution in [0, 0.1) is 10.1 Å². The summed E-state index contributed by atoms with van der Waals surface area (Å²) in [5.41, 5.74) is 1.54. The highest BCUT2D eigenvalue weighted by Gasteiger charge is 2.16. The Morgan fingerprint density at radius 3 is 2.38 bits per heavy atom. The average Bonchev–Trinajstić information content (AvgIpc) is 2.52. The molecule has 0 aliphatic heterocycles. The lowest BCUT2D eigenvalue weighted by molar-refractivity contribution is -0.386. The molecule has 0 aliphatic carbocycles. The number of hydrogen-bond donors (Lipinski definition) is 1. The standard InChI is InChI=1S/C15H15NO5/c1-20-13-6-7-14(16(18)19)15(8-13)21-10-12-4-2-11(9-17)3-5-12/h2-8,17H,9-10H2,1H3. The van der Waals surface area contributed by atoms with Gasteiger partial charge in [-0.05, 0) is 17.2 Å². The summed E-state index contributed by atoms with van der Waals surface area (Å²) in [6, 6.07) is 11.5. The number of rotatable bonds is 6. The molecule has 0 heterocycles. The minimum absolute atomic E-state index is 0.0253. The number of nitro benzene ring substituents is 1. The molecule has 0 saturated carbocycles. The minimum atomic E-state index is -0.496. The van der Waals surface area contributed by atoms with Crippen molar-refractivity contribution < 1.29 is 19.5 Å². The van der Waals surface area contributed by atoms with Crippen molar-refractivity contribution in [3.8, 4) is 11.5 Å². The maximum absolute atomic E-state index is 11.0. The fourth-order valence-corrected chi connectivity index (χ4v) is 1.79. The van der Waals surface area contributed by atoms with Crippen LogP contribution in [0.1, 0.15) is 11.1 Å². The van der Waals surface area contributed by atoms with Crippen LogP contribution in [0.25, 0.3) is 0 Å². The van der Waals surface area contributed by atoms with Gasteiger partial charge < -0.3 is 14.6 Å². The van der Waals surface area contributed by atoms with Crippen LogP contribution in [0.5, 0.6) is 11.5 Å². The Balaban J connectivity index is 2.15. The van der Waals surface area contributed by atoms with Crippen molar-refractivity contribution in [2.45, 2.75) is 13.2 Å². The lowest BCUT2D eigenvalue weighted by atomic mass is 10.1. The Morgan fingerprint density at radius 1 is 1.14 bits per heavy atom. The molecule has 21 heavy (non-hydrogen) atoms. The normalized spacial score (nSPS) is 10.2. The molecule has 2 aromatic rings. The zero-order valence-electron chi connectivity index (χ0n) is 11.5. The molecule has 0 aromatic heterocycles. The van der Waals surface area contributed by atoms with Crippen LogP contribution in [0.3, 0.4) is 0 Å². The minimum Gasteiger partial charge on any atom is -0.497 e. The van der Waals surface area contributed by atoms with Crippen molar-refractivity contribution in [3.05, 3.63) is 63.7 Å². The molecule has 0 aliphatic rings. The summed E-state index contributed by atoms with van der Waals surface area (Å²) in [5, 5.41) is 19.9. The Morgan fingerprint density at radius 2 is 1.81 bits per heavy atom. The SMILES string of the molecule is COc1ccc([N+](=O)[O-])c(OCc2ccc(CO)cc2)c1. The lowest BCUT2D eigenvalue weighted by Crippen LogP contribution is -2.00. The van der Waals surface area contributed by atoms with Crippen molar-refractivity contribution in [2.75, 3.05) is 7.11 Å². The number of ether oxygens (including phenoxy) is 2. The molecule has 1 N–H and O–H groups in total. The smallest absolute Gasteiger partial charge is 0.311 e. The fourth-order valence-electron chi connectivity index (χ4n) is 1.79. The van der Waals surface area contributed by atoms with E-state index < -0.39 is 4.92 Å². The molecule has 0 bridgehead atoms. The molecule has 110 valence electrons. The zero-order chi connectivity index (χ0) is 15.2. The number of hydrogen-bond acceptors (Lipinski definition) is 5. The van der Waals surface area contributed by atoms with Crippen LogP contribution in [-0.4, -0.2) is 17.1 Å². The van der Waals surface area contributed by atoms with Crippen molar-refractivity contribution >= 4 is 5.69 Å². The van der Waals surface area contributed by atoms with Crippen LogP contribution < -0.4 is 9.47 Å². The summed E-state index contributed by atoms with van der Waals surface area (Å²) in [4.78, 5) is 10.5. The highest BCUT2D eigenvalue weighted by molar-refractivity contribution is 5.50. The predicted molar refractivity (Wildman–Crippen MR) is 76.3 cm³/mol. The van der Waals surface area contributed by atoms with E-state index in [1.165, 1.54) is 25.3 Å². The average molecular weight is 289 g/mol. The molecule has 0 spiro atoms. The summed E-state index contributed by atoms with van der Waals surface area (Å²) in [7, 11) is 1.48. The molecule has 0 unspecified atom stereocenters. The Labute approximate surface area is 121 Å². The topological polar surface area (TPSA) is 81.8 Å². The molecule has 6 nitrogen and oxygen atoms in total. The summed E-state index contributed by atoms with van der Waals surface area (Å²) in [6.07, 6.45) is 0. The molecule has 2 rings (SSSR count). The summed E-state index contributed by atoms with van der Waals surface area (Å²) >= 11 is 0. The molecule has 0 fully saturated rings. The van der Waals surface area contributed by atoms with Gasteiger partial charge in [-0.1, -0.05) is 24.3 Å². The highest BCUT2D eigenvalue weighted by atomic mass is 16.6. The van der Waals surface area contributed by atoms with Crippen LogP contribution in [-0.2, 0) is 13.2 Å². The van der Waals surface area contributed by atoms with Gasteiger partial charge in [0, 0.05) is 12.1 Å². The van der Waals surface area contributed by atoms with Gasteiger partial charge in [0.25, 0.3) is 0 Å². The summed E-state index contributed by atoms with van der Waals surface area (Å²) < 4.78 is 10.6. The first-order chi connectivity index (χ1) is 10.1. The third-order valence-electron chi connectivity index (χ3n) is 2.96. The Hall–Kier alpha value is -2.60. The van der Waals surface area contributed by atoms with Crippen LogP contribution in [0.15, 0.2) is 42.5 Å². The van der Waals surface area contributed by atoms with Gasteiger partial charge in [0.05, 0.1) is 18.6 Å². The first-order valence-corrected chi connectivity index (χ1v) is 6.28. The second kappa shape index (κ2) is 6.71. The van der Waals surface area contributed by atoms with Crippen molar-refractivity contribution in [3.63, 3.8) is 0 Å². The fraction of sp³-hybridized carbons (Fsp3) is 0.200. The van der Waals surface area contributed by atoms with E-state index in [0.29, 0.717) is 5.75 Å². The number of aliphatic hydroxyl groups is 1. The lowest BCUT2D eigenvalue weighted by Gasteiger charge is -2.09. The van der Waals surface area contributed by atoms with Crippen LogP contribution >= 0.6 is 0 Å². The van der Waals surface area contributed by atoms with E-state index in [1.54, 1.807) is 24.3 Å². The number of aliphatic hydroxyl groups excluding tert-OH is 1. The second-order valence-corrected chi connectivity index (χ2v) is 4.35. The van der Waals surface area contributed by atoms with Crippen molar-refractivity contribution in [1.82, 2.24) is 0 Å². The maximum atomic E-state index is 11.0. The molecule has 0 atom stereocenters. The largest absolute Gasteiger partial charge is 0.497 e.